The monoisotopic (exact) mass is 282 g/mol. The summed E-state index contributed by atoms with van der Waals surface area (Å²) in [5.74, 6) is -0.844. The summed E-state index contributed by atoms with van der Waals surface area (Å²) in [5, 5.41) is 13.7. The zero-order chi connectivity index (χ0) is 13.7. The minimum Gasteiger partial charge on any atom is -0.481 e. The van der Waals surface area contributed by atoms with Crippen LogP contribution in [0, 0.1) is 0 Å². The molecule has 1 aromatic heterocycles. The highest BCUT2D eigenvalue weighted by Gasteiger charge is 2.28. The minimum absolute atomic E-state index is 0.0341. The molecule has 2 heterocycles. The molecule has 5 nitrogen and oxygen atoms in total. The van der Waals surface area contributed by atoms with Crippen LogP contribution in [0.3, 0.4) is 0 Å². The van der Waals surface area contributed by atoms with Gasteiger partial charge in [0.05, 0.1) is 13.0 Å². The maximum atomic E-state index is 12.1. The molecule has 1 aliphatic heterocycles. The quantitative estimate of drug-likeness (QED) is 0.890. The molecule has 0 aliphatic carbocycles. The van der Waals surface area contributed by atoms with E-state index in [9.17, 15) is 9.59 Å². The van der Waals surface area contributed by atoms with Crippen molar-refractivity contribution in [2.75, 3.05) is 6.54 Å². The Kier molecular flexibility index (Phi) is 4.79. The number of hydrogen-bond donors (Lipinski definition) is 2. The lowest BCUT2D eigenvalue weighted by Gasteiger charge is -2.34. The van der Waals surface area contributed by atoms with Crippen molar-refractivity contribution in [1.82, 2.24) is 10.2 Å². The van der Waals surface area contributed by atoms with Gasteiger partial charge in [-0.3, -0.25) is 4.79 Å². The first-order chi connectivity index (χ1) is 9.16. The maximum absolute atomic E-state index is 12.1. The fourth-order valence-electron chi connectivity index (χ4n) is 2.36. The van der Waals surface area contributed by atoms with E-state index in [1.54, 1.807) is 16.2 Å². The second-order valence-corrected chi connectivity index (χ2v) is 5.71. The van der Waals surface area contributed by atoms with Crippen LogP contribution >= 0.6 is 11.3 Å². The number of urea groups is 1. The smallest absolute Gasteiger partial charge is 0.317 e. The number of piperidine rings is 1. The van der Waals surface area contributed by atoms with Crippen LogP contribution in [0.4, 0.5) is 4.79 Å². The molecule has 1 saturated heterocycles. The van der Waals surface area contributed by atoms with Gasteiger partial charge in [-0.25, -0.2) is 4.79 Å². The normalized spacial score (nSPS) is 19.2. The lowest BCUT2D eigenvalue weighted by Crippen LogP contribution is -2.49. The third-order valence-electron chi connectivity index (χ3n) is 3.29. The lowest BCUT2D eigenvalue weighted by molar-refractivity contribution is -0.138. The third-order valence-corrected chi connectivity index (χ3v) is 4.17. The van der Waals surface area contributed by atoms with Crippen LogP contribution in [0.25, 0.3) is 0 Å². The van der Waals surface area contributed by atoms with Crippen LogP contribution in [0.2, 0.25) is 0 Å². The molecule has 6 heteroatoms. The van der Waals surface area contributed by atoms with Crippen LogP contribution in [-0.4, -0.2) is 34.6 Å². The molecule has 104 valence electrons. The summed E-state index contributed by atoms with van der Waals surface area (Å²) < 4.78 is 0. The van der Waals surface area contributed by atoms with E-state index >= 15 is 0 Å². The van der Waals surface area contributed by atoms with Gasteiger partial charge in [-0.05, 0) is 30.7 Å². The van der Waals surface area contributed by atoms with Gasteiger partial charge in [0.25, 0.3) is 0 Å². The summed E-state index contributed by atoms with van der Waals surface area (Å²) >= 11 is 1.60. The van der Waals surface area contributed by atoms with Crippen molar-refractivity contribution >= 4 is 23.3 Å². The molecule has 0 saturated carbocycles. The Labute approximate surface area is 116 Å². The molecule has 2 N–H and O–H groups in total. The highest BCUT2D eigenvalue weighted by molar-refractivity contribution is 7.09. The average Bonchev–Trinajstić information content (AvgIpc) is 2.89. The van der Waals surface area contributed by atoms with Crippen molar-refractivity contribution in [3.63, 3.8) is 0 Å². The van der Waals surface area contributed by atoms with Gasteiger partial charge in [0.1, 0.15) is 0 Å². The Morgan fingerprint density at radius 2 is 2.32 bits per heavy atom. The first-order valence-electron chi connectivity index (χ1n) is 6.45. The van der Waals surface area contributed by atoms with Crippen molar-refractivity contribution in [3.8, 4) is 0 Å². The van der Waals surface area contributed by atoms with E-state index in [0.717, 1.165) is 24.1 Å². The number of hydrogen-bond acceptors (Lipinski definition) is 3. The van der Waals surface area contributed by atoms with Gasteiger partial charge in [-0.15, -0.1) is 11.3 Å². The van der Waals surface area contributed by atoms with E-state index in [1.165, 1.54) is 0 Å². The molecule has 0 bridgehead atoms. The van der Waals surface area contributed by atoms with Crippen molar-refractivity contribution in [2.24, 2.45) is 0 Å². The Morgan fingerprint density at radius 3 is 3.00 bits per heavy atom. The van der Waals surface area contributed by atoms with Gasteiger partial charge in [0.2, 0.25) is 0 Å². The molecule has 19 heavy (non-hydrogen) atoms. The number of carboxylic acids is 1. The SMILES string of the molecule is O=C(O)CC1CCCCN1C(=O)NCc1cccs1. The van der Waals surface area contributed by atoms with E-state index in [-0.39, 0.29) is 18.5 Å². The van der Waals surface area contributed by atoms with Crippen molar-refractivity contribution in [2.45, 2.75) is 38.3 Å². The Hall–Kier alpha value is -1.56. The number of carboxylic acid groups (broad SMARTS) is 1. The summed E-state index contributed by atoms with van der Waals surface area (Å²) in [6.07, 6.45) is 2.75. The average molecular weight is 282 g/mol. The van der Waals surface area contributed by atoms with E-state index in [1.807, 2.05) is 17.5 Å². The summed E-state index contributed by atoms with van der Waals surface area (Å²) in [4.78, 5) is 25.7. The zero-order valence-corrected chi connectivity index (χ0v) is 11.5. The summed E-state index contributed by atoms with van der Waals surface area (Å²) in [6.45, 7) is 1.15. The third kappa shape index (κ3) is 3.96. The molecule has 2 rings (SSSR count). The Balaban J connectivity index is 1.89. The first-order valence-corrected chi connectivity index (χ1v) is 7.33. The molecule has 1 aliphatic rings. The first kappa shape index (κ1) is 13.9. The minimum atomic E-state index is -0.844. The number of nitrogens with zero attached hydrogens (tertiary/aromatic N) is 1. The van der Waals surface area contributed by atoms with Crippen molar-refractivity contribution in [3.05, 3.63) is 22.4 Å². The molecule has 0 aromatic carbocycles. The number of amides is 2. The van der Waals surface area contributed by atoms with E-state index in [2.05, 4.69) is 5.32 Å². The highest BCUT2D eigenvalue weighted by Crippen LogP contribution is 2.20. The molecule has 0 radical (unpaired) electrons. The molecular formula is C13H18N2O3S. The van der Waals surface area contributed by atoms with Gasteiger partial charge in [0, 0.05) is 17.5 Å². The van der Waals surface area contributed by atoms with E-state index in [4.69, 9.17) is 5.11 Å². The largest absolute Gasteiger partial charge is 0.481 e. The lowest BCUT2D eigenvalue weighted by atomic mass is 10.00. The number of likely N-dealkylation sites (tertiary alicyclic amines) is 1. The fourth-order valence-corrected chi connectivity index (χ4v) is 3.00. The fraction of sp³-hybridized carbons (Fsp3) is 0.538. The van der Waals surface area contributed by atoms with Crippen LogP contribution in [0.1, 0.15) is 30.6 Å². The van der Waals surface area contributed by atoms with Gasteiger partial charge >= 0.3 is 12.0 Å². The molecule has 1 fully saturated rings. The van der Waals surface area contributed by atoms with Gasteiger partial charge in [0.15, 0.2) is 0 Å². The van der Waals surface area contributed by atoms with Gasteiger partial charge < -0.3 is 15.3 Å². The number of rotatable bonds is 4. The maximum Gasteiger partial charge on any atom is 0.317 e. The second kappa shape index (κ2) is 6.56. The predicted octanol–water partition coefficient (Wildman–Crippen LogP) is 2.29. The molecule has 2 amide bonds. The standard InChI is InChI=1S/C13H18N2O3S/c16-12(17)8-10-4-1-2-6-15(10)13(18)14-9-11-5-3-7-19-11/h3,5,7,10H,1-2,4,6,8-9H2,(H,14,18)(H,16,17). The summed E-state index contributed by atoms with van der Waals surface area (Å²) in [6, 6.07) is 3.59. The molecule has 1 aromatic rings. The number of nitrogens with one attached hydrogen (secondary N) is 1. The topological polar surface area (TPSA) is 69.6 Å². The molecule has 1 unspecified atom stereocenters. The zero-order valence-electron chi connectivity index (χ0n) is 10.7. The van der Waals surface area contributed by atoms with Crippen molar-refractivity contribution < 1.29 is 14.7 Å². The number of carbonyl (C=O) groups excluding carboxylic acids is 1. The van der Waals surface area contributed by atoms with Crippen LogP contribution in [0.5, 0.6) is 0 Å². The van der Waals surface area contributed by atoms with E-state index in [0.29, 0.717) is 13.1 Å². The van der Waals surface area contributed by atoms with E-state index < -0.39 is 5.97 Å². The number of aliphatic carboxylic acids is 1. The summed E-state index contributed by atoms with van der Waals surface area (Å²) in [7, 11) is 0. The Morgan fingerprint density at radius 1 is 1.47 bits per heavy atom. The van der Waals surface area contributed by atoms with Gasteiger partial charge in [-0.2, -0.15) is 0 Å². The van der Waals surface area contributed by atoms with Crippen LogP contribution in [-0.2, 0) is 11.3 Å². The number of thiophene rings is 1. The van der Waals surface area contributed by atoms with Crippen LogP contribution in [0.15, 0.2) is 17.5 Å². The van der Waals surface area contributed by atoms with Gasteiger partial charge in [-0.1, -0.05) is 6.07 Å². The Bertz CT molecular complexity index is 433. The molecule has 1 atom stereocenters. The summed E-state index contributed by atoms with van der Waals surface area (Å²) in [5.41, 5.74) is 0. The number of carbonyl (C=O) groups is 2. The van der Waals surface area contributed by atoms with Crippen molar-refractivity contribution in [1.29, 1.82) is 0 Å². The highest BCUT2D eigenvalue weighted by atomic mass is 32.1. The van der Waals surface area contributed by atoms with Crippen LogP contribution < -0.4 is 5.32 Å². The second-order valence-electron chi connectivity index (χ2n) is 4.68. The predicted molar refractivity (Wildman–Crippen MR) is 73.2 cm³/mol. The molecule has 0 spiro atoms. The molecular weight excluding hydrogens is 264 g/mol.